The molecule has 1 heterocycles. The van der Waals surface area contributed by atoms with Gasteiger partial charge in [-0.25, -0.2) is 4.39 Å². The van der Waals surface area contributed by atoms with Crippen LogP contribution in [0.2, 0.25) is 15.6 Å². The Morgan fingerprint density at radius 2 is 1.67 bits per heavy atom. The summed E-state index contributed by atoms with van der Waals surface area (Å²) in [5.74, 6) is -0.503. The van der Waals surface area contributed by atoms with Crippen LogP contribution < -0.4 is 4.74 Å². The SMILES string of the molecule is Fc1cc(Oc2nc(Cl)nc(Cl)n2)c(Br)cc1Cl. The van der Waals surface area contributed by atoms with Crippen LogP contribution in [0.3, 0.4) is 0 Å². The zero-order valence-electron chi connectivity index (χ0n) is 8.29. The maximum absolute atomic E-state index is 13.3. The van der Waals surface area contributed by atoms with Gasteiger partial charge < -0.3 is 4.74 Å². The lowest BCUT2D eigenvalue weighted by Crippen LogP contribution is -1.96. The molecule has 94 valence electrons. The number of rotatable bonds is 2. The monoisotopic (exact) mass is 371 g/mol. The van der Waals surface area contributed by atoms with Gasteiger partial charge in [-0.3, -0.25) is 0 Å². The van der Waals surface area contributed by atoms with E-state index in [9.17, 15) is 4.39 Å². The molecule has 0 aliphatic rings. The third-order valence-corrected chi connectivity index (χ3v) is 2.98. The highest BCUT2D eigenvalue weighted by molar-refractivity contribution is 9.10. The van der Waals surface area contributed by atoms with Crippen molar-refractivity contribution in [3.63, 3.8) is 0 Å². The Labute approximate surface area is 124 Å². The second-order valence-electron chi connectivity index (χ2n) is 2.95. The lowest BCUT2D eigenvalue weighted by Gasteiger charge is -2.07. The van der Waals surface area contributed by atoms with Crippen molar-refractivity contribution in [1.29, 1.82) is 0 Å². The van der Waals surface area contributed by atoms with Crippen molar-refractivity contribution in [2.75, 3.05) is 0 Å². The van der Waals surface area contributed by atoms with Crippen LogP contribution in [0.15, 0.2) is 16.6 Å². The summed E-state index contributed by atoms with van der Waals surface area (Å²) in [6, 6.07) is 2.27. The molecular formula is C9H2BrCl3FN3O. The minimum absolute atomic E-state index is 0.0408. The summed E-state index contributed by atoms with van der Waals surface area (Å²) in [6.45, 7) is 0. The first kappa shape index (κ1) is 13.7. The van der Waals surface area contributed by atoms with E-state index in [2.05, 4.69) is 30.9 Å². The van der Waals surface area contributed by atoms with Crippen molar-refractivity contribution in [2.24, 2.45) is 0 Å². The van der Waals surface area contributed by atoms with Crippen molar-refractivity contribution >= 4 is 50.7 Å². The Morgan fingerprint density at radius 1 is 1.06 bits per heavy atom. The fourth-order valence-corrected chi connectivity index (χ4v) is 2.10. The second kappa shape index (κ2) is 5.52. The molecule has 0 aliphatic carbocycles. The summed E-state index contributed by atoms with van der Waals surface area (Å²) in [5, 5.41) is -0.299. The van der Waals surface area contributed by atoms with E-state index in [1.165, 1.54) is 6.07 Å². The van der Waals surface area contributed by atoms with Crippen LogP contribution in [0.1, 0.15) is 0 Å². The lowest BCUT2D eigenvalue weighted by molar-refractivity contribution is 0.433. The maximum Gasteiger partial charge on any atom is 0.327 e. The topological polar surface area (TPSA) is 47.9 Å². The zero-order valence-corrected chi connectivity index (χ0v) is 12.1. The van der Waals surface area contributed by atoms with Crippen LogP contribution in [0.5, 0.6) is 11.8 Å². The van der Waals surface area contributed by atoms with Crippen LogP contribution in [0.4, 0.5) is 4.39 Å². The van der Waals surface area contributed by atoms with Crippen molar-refractivity contribution in [3.05, 3.63) is 38.0 Å². The van der Waals surface area contributed by atoms with Gasteiger partial charge in [0.2, 0.25) is 10.6 Å². The normalized spacial score (nSPS) is 10.5. The van der Waals surface area contributed by atoms with E-state index in [1.807, 2.05) is 0 Å². The highest BCUT2D eigenvalue weighted by Crippen LogP contribution is 2.33. The van der Waals surface area contributed by atoms with E-state index in [4.69, 9.17) is 39.5 Å². The summed E-state index contributed by atoms with van der Waals surface area (Å²) in [5.41, 5.74) is 0. The molecule has 0 saturated carbocycles. The first-order valence-electron chi connectivity index (χ1n) is 4.35. The van der Waals surface area contributed by atoms with Crippen LogP contribution in [0.25, 0.3) is 0 Å². The minimum Gasteiger partial charge on any atom is -0.423 e. The molecule has 0 atom stereocenters. The molecule has 1 aromatic heterocycles. The average Bonchev–Trinajstić information content (AvgIpc) is 2.24. The molecule has 0 fully saturated rings. The molecule has 1 aromatic carbocycles. The Balaban J connectivity index is 2.36. The van der Waals surface area contributed by atoms with Crippen molar-refractivity contribution in [2.45, 2.75) is 0 Å². The molecule has 2 aromatic rings. The Bertz CT molecular complexity index is 594. The van der Waals surface area contributed by atoms with Crippen molar-refractivity contribution < 1.29 is 9.13 Å². The molecule has 0 saturated heterocycles. The number of aromatic nitrogens is 3. The predicted molar refractivity (Wildman–Crippen MR) is 69.0 cm³/mol. The molecule has 0 radical (unpaired) electrons. The van der Waals surface area contributed by atoms with E-state index in [1.54, 1.807) is 0 Å². The summed E-state index contributed by atoms with van der Waals surface area (Å²) in [6.07, 6.45) is 0. The minimum atomic E-state index is -0.638. The Kier molecular flexibility index (Phi) is 4.21. The van der Waals surface area contributed by atoms with Crippen molar-refractivity contribution in [3.8, 4) is 11.8 Å². The first-order valence-corrected chi connectivity index (χ1v) is 6.28. The predicted octanol–water partition coefficient (Wildman–Crippen LogP) is 4.53. The molecule has 0 bridgehead atoms. The lowest BCUT2D eigenvalue weighted by atomic mass is 10.3. The molecule has 4 nitrogen and oxygen atoms in total. The first-order chi connectivity index (χ1) is 8.45. The van der Waals surface area contributed by atoms with E-state index in [0.717, 1.165) is 6.07 Å². The fraction of sp³-hybridized carbons (Fsp3) is 0. The molecule has 0 aliphatic heterocycles. The highest BCUT2D eigenvalue weighted by Gasteiger charge is 2.11. The fourth-order valence-electron chi connectivity index (χ4n) is 1.04. The van der Waals surface area contributed by atoms with Gasteiger partial charge in [-0.2, -0.15) is 15.0 Å². The van der Waals surface area contributed by atoms with Gasteiger partial charge in [0.15, 0.2) is 0 Å². The molecular weight excluding hydrogens is 371 g/mol. The Morgan fingerprint density at radius 3 is 2.28 bits per heavy atom. The molecule has 0 amide bonds. The number of hydrogen-bond donors (Lipinski definition) is 0. The zero-order chi connectivity index (χ0) is 13.3. The van der Waals surface area contributed by atoms with E-state index in [-0.39, 0.29) is 27.3 Å². The van der Waals surface area contributed by atoms with Gasteiger partial charge in [-0.1, -0.05) is 11.6 Å². The van der Waals surface area contributed by atoms with Gasteiger partial charge in [0.05, 0.1) is 9.50 Å². The van der Waals surface area contributed by atoms with Crippen molar-refractivity contribution in [1.82, 2.24) is 15.0 Å². The van der Waals surface area contributed by atoms with Gasteiger partial charge >= 0.3 is 6.01 Å². The van der Waals surface area contributed by atoms with Gasteiger partial charge in [0.25, 0.3) is 0 Å². The van der Waals surface area contributed by atoms with Crippen LogP contribution >= 0.6 is 50.7 Å². The molecule has 0 unspecified atom stereocenters. The van der Waals surface area contributed by atoms with E-state index < -0.39 is 5.82 Å². The van der Waals surface area contributed by atoms with Gasteiger partial charge in [0.1, 0.15) is 11.6 Å². The highest BCUT2D eigenvalue weighted by atomic mass is 79.9. The third kappa shape index (κ3) is 3.20. The quantitative estimate of drug-likeness (QED) is 0.726. The van der Waals surface area contributed by atoms with E-state index in [0.29, 0.717) is 4.47 Å². The summed E-state index contributed by atoms with van der Waals surface area (Å²) < 4.78 is 18.9. The summed E-state index contributed by atoms with van der Waals surface area (Å²) in [4.78, 5) is 10.9. The smallest absolute Gasteiger partial charge is 0.327 e. The maximum atomic E-state index is 13.3. The number of benzene rings is 1. The molecule has 0 N–H and O–H groups in total. The standard InChI is InChI=1S/C9H2BrCl3FN3O/c10-3-1-4(11)5(14)2-6(3)18-9-16-7(12)15-8(13)17-9/h1-2H. The molecule has 0 spiro atoms. The Hall–Kier alpha value is -0.690. The van der Waals surface area contributed by atoms with Crippen LogP contribution in [0, 0.1) is 5.82 Å². The average molecular weight is 373 g/mol. The molecule has 2 rings (SSSR count). The largest absolute Gasteiger partial charge is 0.423 e. The second-order valence-corrected chi connectivity index (χ2v) is 4.89. The summed E-state index contributed by atoms with van der Waals surface area (Å²) in [7, 11) is 0. The van der Waals surface area contributed by atoms with E-state index >= 15 is 0 Å². The van der Waals surface area contributed by atoms with Crippen LogP contribution in [-0.2, 0) is 0 Å². The molecule has 18 heavy (non-hydrogen) atoms. The number of nitrogens with zero attached hydrogens (tertiary/aromatic N) is 3. The number of halogens is 5. The van der Waals surface area contributed by atoms with Crippen LogP contribution in [-0.4, -0.2) is 15.0 Å². The van der Waals surface area contributed by atoms with Gasteiger partial charge in [0, 0.05) is 6.07 Å². The summed E-state index contributed by atoms with van der Waals surface area (Å²) >= 11 is 19.9. The van der Waals surface area contributed by atoms with Gasteiger partial charge in [-0.05, 0) is 45.2 Å². The molecule has 9 heteroatoms. The van der Waals surface area contributed by atoms with Gasteiger partial charge in [-0.15, -0.1) is 0 Å². The number of hydrogen-bond acceptors (Lipinski definition) is 4. The third-order valence-electron chi connectivity index (χ3n) is 1.74. The number of ether oxygens (including phenoxy) is 1.